The third-order valence-corrected chi connectivity index (χ3v) is 15.6. The molecule has 0 aliphatic carbocycles. The molecule has 0 aromatic carbocycles. The second-order valence-electron chi connectivity index (χ2n) is 23.8. The molecule has 0 saturated carbocycles. The highest BCUT2D eigenvalue weighted by Crippen LogP contribution is 2.18. The van der Waals surface area contributed by atoms with Crippen LogP contribution in [0, 0.1) is 0 Å². The highest BCUT2D eigenvalue weighted by atomic mass is 16.6. The van der Waals surface area contributed by atoms with Gasteiger partial charge in [0.2, 0.25) is 0 Å². The Morgan fingerprint density at radius 1 is 0.256 bits per heavy atom. The molecular formula is C76H134O6. The fraction of sp³-hybridized carbons (Fsp3) is 0.776. The van der Waals surface area contributed by atoms with E-state index in [1.807, 2.05) is 0 Å². The summed E-state index contributed by atoms with van der Waals surface area (Å²) in [6.07, 6.45) is 93.5. The monoisotopic (exact) mass is 1140 g/mol. The third-order valence-electron chi connectivity index (χ3n) is 15.6. The minimum absolute atomic E-state index is 0.0797. The topological polar surface area (TPSA) is 78.9 Å². The van der Waals surface area contributed by atoms with E-state index in [4.69, 9.17) is 14.2 Å². The van der Waals surface area contributed by atoms with Crippen molar-refractivity contribution >= 4 is 17.9 Å². The molecule has 1 unspecified atom stereocenters. The number of carbonyl (C=O) groups is 3. The molecule has 6 heteroatoms. The molecule has 0 fully saturated rings. The van der Waals surface area contributed by atoms with E-state index < -0.39 is 6.10 Å². The summed E-state index contributed by atoms with van der Waals surface area (Å²) in [4.78, 5) is 38.3. The standard InChI is InChI=1S/C76H134O6/c1-4-7-10-13-16-19-22-25-27-29-30-31-32-33-34-35-36-37-38-39-40-41-42-43-44-45-46-47-49-51-54-57-60-63-66-69-75(78)81-72-73(71-80-74(77)68-65-62-59-56-53-50-24-21-18-15-12-9-6-3)82-76(79)70-67-64-61-58-55-52-48-28-26-23-20-17-14-11-8-5-2/h7,10,12,15-16,19,21,24-25,27-28,30-31,48,73H,4-6,8-9,11,13-14,17-18,20,22-23,26,29,32-47,49-72H2,1-3H3/b10-7-,15-12-,19-16-,24-21-,27-25-,31-30-,48-28-. The van der Waals surface area contributed by atoms with Crippen LogP contribution in [0.1, 0.15) is 361 Å². The summed E-state index contributed by atoms with van der Waals surface area (Å²) >= 11 is 0. The number of ether oxygens (including phenoxy) is 3. The van der Waals surface area contributed by atoms with Crippen LogP contribution in [0.25, 0.3) is 0 Å². The lowest BCUT2D eigenvalue weighted by Gasteiger charge is -2.18. The molecule has 0 aromatic rings. The van der Waals surface area contributed by atoms with Gasteiger partial charge in [-0.2, -0.15) is 0 Å². The Hall–Kier alpha value is -3.41. The first kappa shape index (κ1) is 78.6. The van der Waals surface area contributed by atoms with Gasteiger partial charge in [-0.1, -0.05) is 318 Å². The van der Waals surface area contributed by atoms with Crippen LogP contribution in [0.5, 0.6) is 0 Å². The van der Waals surface area contributed by atoms with Gasteiger partial charge in [0.25, 0.3) is 0 Å². The Balaban J connectivity index is 4.10. The van der Waals surface area contributed by atoms with E-state index in [1.165, 1.54) is 199 Å². The molecule has 0 heterocycles. The van der Waals surface area contributed by atoms with E-state index >= 15 is 0 Å². The van der Waals surface area contributed by atoms with Crippen molar-refractivity contribution in [2.45, 2.75) is 367 Å². The smallest absolute Gasteiger partial charge is 0.306 e. The van der Waals surface area contributed by atoms with Crippen LogP contribution < -0.4 is 0 Å². The Morgan fingerprint density at radius 3 is 0.805 bits per heavy atom. The van der Waals surface area contributed by atoms with Gasteiger partial charge in [-0.3, -0.25) is 14.4 Å². The fourth-order valence-corrected chi connectivity index (χ4v) is 10.3. The SMILES string of the molecule is CC/C=C\C/C=C\C/C=C\C/C=C\CCCCCCCCCCCCCCCCCCCCCCCCC(=O)OCC(COC(=O)CCCCCCC/C=C\C/C=C\CCC)OC(=O)CCCCCCC/C=C\CCCCCCCCC. The van der Waals surface area contributed by atoms with Gasteiger partial charge in [0, 0.05) is 19.3 Å². The second-order valence-corrected chi connectivity index (χ2v) is 23.8. The van der Waals surface area contributed by atoms with Crippen molar-refractivity contribution in [2.24, 2.45) is 0 Å². The summed E-state index contributed by atoms with van der Waals surface area (Å²) in [6.45, 7) is 6.48. The maximum atomic E-state index is 12.9. The predicted molar refractivity (Wildman–Crippen MR) is 358 cm³/mol. The van der Waals surface area contributed by atoms with Gasteiger partial charge in [0.15, 0.2) is 6.10 Å². The first-order valence-corrected chi connectivity index (χ1v) is 35.6. The lowest BCUT2D eigenvalue weighted by Crippen LogP contribution is -2.30. The molecule has 82 heavy (non-hydrogen) atoms. The van der Waals surface area contributed by atoms with Crippen molar-refractivity contribution in [2.75, 3.05) is 13.2 Å². The van der Waals surface area contributed by atoms with Gasteiger partial charge in [-0.15, -0.1) is 0 Å². The van der Waals surface area contributed by atoms with E-state index in [0.717, 1.165) is 122 Å². The highest BCUT2D eigenvalue weighted by Gasteiger charge is 2.19. The van der Waals surface area contributed by atoms with Crippen LogP contribution in [0.4, 0.5) is 0 Å². The molecule has 0 radical (unpaired) electrons. The van der Waals surface area contributed by atoms with Gasteiger partial charge >= 0.3 is 17.9 Å². The summed E-state index contributed by atoms with van der Waals surface area (Å²) in [7, 11) is 0. The molecule has 1 atom stereocenters. The van der Waals surface area contributed by atoms with Gasteiger partial charge in [0.05, 0.1) is 0 Å². The average Bonchev–Trinajstić information content (AvgIpc) is 3.47. The Morgan fingerprint density at radius 2 is 0.500 bits per heavy atom. The number of hydrogen-bond donors (Lipinski definition) is 0. The maximum absolute atomic E-state index is 12.9. The lowest BCUT2D eigenvalue weighted by atomic mass is 10.0. The molecule has 6 nitrogen and oxygen atoms in total. The third kappa shape index (κ3) is 67.4. The molecule has 0 aliphatic heterocycles. The van der Waals surface area contributed by atoms with Crippen LogP contribution in [0.3, 0.4) is 0 Å². The summed E-state index contributed by atoms with van der Waals surface area (Å²) in [6, 6.07) is 0. The molecule has 0 saturated heterocycles. The van der Waals surface area contributed by atoms with Crippen LogP contribution in [0.2, 0.25) is 0 Å². The predicted octanol–water partition coefficient (Wildman–Crippen LogP) is 24.6. The van der Waals surface area contributed by atoms with Crippen LogP contribution >= 0.6 is 0 Å². The van der Waals surface area contributed by atoms with Crippen LogP contribution in [-0.4, -0.2) is 37.2 Å². The Labute approximate surface area is 509 Å². The molecule has 0 spiro atoms. The lowest BCUT2D eigenvalue weighted by molar-refractivity contribution is -0.167. The van der Waals surface area contributed by atoms with Crippen LogP contribution in [-0.2, 0) is 28.6 Å². The van der Waals surface area contributed by atoms with E-state index in [0.29, 0.717) is 19.3 Å². The zero-order chi connectivity index (χ0) is 59.2. The van der Waals surface area contributed by atoms with Gasteiger partial charge in [-0.25, -0.2) is 0 Å². The first-order chi connectivity index (χ1) is 40.5. The summed E-state index contributed by atoms with van der Waals surface area (Å²) in [5, 5.41) is 0. The summed E-state index contributed by atoms with van der Waals surface area (Å²) in [5.41, 5.74) is 0. The minimum Gasteiger partial charge on any atom is -0.462 e. The van der Waals surface area contributed by atoms with Crippen molar-refractivity contribution in [3.63, 3.8) is 0 Å². The van der Waals surface area contributed by atoms with Crippen molar-refractivity contribution in [1.29, 1.82) is 0 Å². The quantitative estimate of drug-likeness (QED) is 0.0261. The Bertz CT molecular complexity index is 1550. The van der Waals surface area contributed by atoms with Crippen LogP contribution in [0.15, 0.2) is 85.1 Å². The number of hydrogen-bond acceptors (Lipinski definition) is 6. The van der Waals surface area contributed by atoms with Gasteiger partial charge in [0.1, 0.15) is 13.2 Å². The average molecular weight is 1140 g/mol. The molecule has 0 aromatic heterocycles. The zero-order valence-corrected chi connectivity index (χ0v) is 54.5. The van der Waals surface area contributed by atoms with E-state index in [2.05, 4.69) is 106 Å². The molecule has 0 rings (SSSR count). The highest BCUT2D eigenvalue weighted by molar-refractivity contribution is 5.71. The fourth-order valence-electron chi connectivity index (χ4n) is 10.3. The normalized spacial score (nSPS) is 12.6. The van der Waals surface area contributed by atoms with Crippen molar-refractivity contribution in [1.82, 2.24) is 0 Å². The largest absolute Gasteiger partial charge is 0.462 e. The number of carbonyl (C=O) groups excluding carboxylic acids is 3. The van der Waals surface area contributed by atoms with Crippen molar-refractivity contribution < 1.29 is 28.6 Å². The van der Waals surface area contributed by atoms with Crippen molar-refractivity contribution in [3.05, 3.63) is 85.1 Å². The molecule has 0 amide bonds. The molecule has 0 bridgehead atoms. The van der Waals surface area contributed by atoms with Gasteiger partial charge in [-0.05, 0) is 109 Å². The molecular weight excluding hydrogens is 1010 g/mol. The number of unbranched alkanes of at least 4 members (excludes halogenated alkanes) is 40. The molecule has 474 valence electrons. The van der Waals surface area contributed by atoms with Gasteiger partial charge < -0.3 is 14.2 Å². The maximum Gasteiger partial charge on any atom is 0.306 e. The number of rotatable bonds is 65. The first-order valence-electron chi connectivity index (χ1n) is 35.6. The van der Waals surface area contributed by atoms with E-state index in [-0.39, 0.29) is 31.1 Å². The second kappa shape index (κ2) is 70.1. The number of esters is 3. The van der Waals surface area contributed by atoms with E-state index in [9.17, 15) is 14.4 Å². The Kier molecular flexibility index (Phi) is 67.2. The summed E-state index contributed by atoms with van der Waals surface area (Å²) < 4.78 is 16.9. The van der Waals surface area contributed by atoms with Crippen molar-refractivity contribution in [3.8, 4) is 0 Å². The summed E-state index contributed by atoms with van der Waals surface area (Å²) in [5.74, 6) is -0.884. The zero-order valence-electron chi connectivity index (χ0n) is 54.5. The molecule has 0 aliphatic rings. The molecule has 0 N–H and O–H groups in total. The van der Waals surface area contributed by atoms with E-state index in [1.54, 1.807) is 0 Å². The number of allylic oxidation sites excluding steroid dienone is 14. The minimum atomic E-state index is -0.785.